The summed E-state index contributed by atoms with van der Waals surface area (Å²) in [5.74, 6) is -0.212. The fourth-order valence-corrected chi connectivity index (χ4v) is 2.56. The van der Waals surface area contributed by atoms with Crippen molar-refractivity contribution in [2.75, 3.05) is 35.4 Å². The number of carbonyl (C=O) groups excluding carboxylic acids is 2. The highest BCUT2D eigenvalue weighted by molar-refractivity contribution is 5.96. The highest BCUT2D eigenvalue weighted by Crippen LogP contribution is 2.40. The Balaban J connectivity index is 2.42. The molecule has 2 aromatic rings. The lowest BCUT2D eigenvalue weighted by atomic mass is 10.1. The maximum Gasteiger partial charge on any atom is 0.343 e. The van der Waals surface area contributed by atoms with E-state index in [9.17, 15) is 9.59 Å². The molecule has 0 radical (unpaired) electrons. The molecule has 0 heterocycles. The van der Waals surface area contributed by atoms with Gasteiger partial charge in [-0.3, -0.25) is 4.79 Å². The van der Waals surface area contributed by atoms with Gasteiger partial charge in [0, 0.05) is 19.7 Å². The molecule has 0 aliphatic heterocycles. The molecular formula is C20H23NO6. The van der Waals surface area contributed by atoms with Gasteiger partial charge in [0.25, 0.3) is 5.91 Å². The first kappa shape index (κ1) is 20.1. The average molecular weight is 373 g/mol. The first-order valence-corrected chi connectivity index (χ1v) is 8.20. The zero-order chi connectivity index (χ0) is 20.0. The summed E-state index contributed by atoms with van der Waals surface area (Å²) in [6.45, 7) is 0. The van der Waals surface area contributed by atoms with E-state index in [-0.39, 0.29) is 23.0 Å². The first-order valence-electron chi connectivity index (χ1n) is 8.20. The number of ether oxygens (including phenoxy) is 4. The molecule has 0 spiro atoms. The molecule has 1 unspecified atom stereocenters. The van der Waals surface area contributed by atoms with Crippen LogP contribution in [-0.2, 0) is 9.53 Å². The van der Waals surface area contributed by atoms with Gasteiger partial charge >= 0.3 is 5.97 Å². The second-order valence-corrected chi connectivity index (χ2v) is 5.81. The fourth-order valence-electron chi connectivity index (χ4n) is 2.56. The molecule has 2 aromatic carbocycles. The number of rotatable bonds is 7. The van der Waals surface area contributed by atoms with Crippen LogP contribution in [0, 0.1) is 0 Å². The Morgan fingerprint density at radius 3 is 2.00 bits per heavy atom. The van der Waals surface area contributed by atoms with Crippen molar-refractivity contribution in [3.05, 3.63) is 53.6 Å². The molecule has 7 heteroatoms. The molecule has 7 nitrogen and oxygen atoms in total. The van der Waals surface area contributed by atoms with E-state index < -0.39 is 12.1 Å². The molecule has 0 bridgehead atoms. The Bertz CT molecular complexity index is 804. The van der Waals surface area contributed by atoms with Gasteiger partial charge in [-0.2, -0.15) is 0 Å². The average Bonchev–Trinajstić information content (AvgIpc) is 2.70. The molecule has 0 aliphatic rings. The maximum atomic E-state index is 12.8. The minimum absolute atomic E-state index is 0.127. The summed E-state index contributed by atoms with van der Waals surface area (Å²) in [5, 5.41) is 0. The highest BCUT2D eigenvalue weighted by atomic mass is 16.6. The van der Waals surface area contributed by atoms with E-state index >= 15 is 0 Å². The number of methoxy groups -OCH3 is 3. The summed E-state index contributed by atoms with van der Waals surface area (Å²) in [5.41, 5.74) is 0.701. The molecule has 27 heavy (non-hydrogen) atoms. The van der Waals surface area contributed by atoms with Gasteiger partial charge < -0.3 is 23.8 Å². The molecule has 0 aromatic heterocycles. The van der Waals surface area contributed by atoms with Gasteiger partial charge in [-0.15, -0.1) is 0 Å². The van der Waals surface area contributed by atoms with Crippen LogP contribution in [0.2, 0.25) is 0 Å². The third-order valence-corrected chi connectivity index (χ3v) is 3.92. The van der Waals surface area contributed by atoms with Gasteiger partial charge in [-0.25, -0.2) is 4.79 Å². The summed E-state index contributed by atoms with van der Waals surface area (Å²) < 4.78 is 21.4. The fraction of sp³-hybridized carbons (Fsp3) is 0.300. The van der Waals surface area contributed by atoms with Gasteiger partial charge in [0.15, 0.2) is 11.5 Å². The minimum atomic E-state index is -1.08. The Labute approximate surface area is 158 Å². The van der Waals surface area contributed by atoms with Crippen molar-refractivity contribution < 1.29 is 28.5 Å². The second-order valence-electron chi connectivity index (χ2n) is 5.81. The van der Waals surface area contributed by atoms with Crippen LogP contribution in [0.4, 0.5) is 0 Å². The number of benzene rings is 2. The lowest BCUT2D eigenvalue weighted by Gasteiger charge is -2.22. The van der Waals surface area contributed by atoms with E-state index in [1.807, 2.05) is 6.07 Å². The van der Waals surface area contributed by atoms with Crippen molar-refractivity contribution in [1.82, 2.24) is 4.90 Å². The van der Waals surface area contributed by atoms with Crippen LogP contribution in [0.25, 0.3) is 0 Å². The van der Waals surface area contributed by atoms with Crippen LogP contribution >= 0.6 is 0 Å². The zero-order valence-electron chi connectivity index (χ0n) is 16.0. The maximum absolute atomic E-state index is 12.8. The van der Waals surface area contributed by atoms with Gasteiger partial charge in [0.2, 0.25) is 11.9 Å². The van der Waals surface area contributed by atoms with Gasteiger partial charge in [0.05, 0.1) is 21.3 Å². The quantitative estimate of drug-likeness (QED) is 0.695. The van der Waals surface area contributed by atoms with E-state index in [1.54, 1.807) is 44.4 Å². The first-order chi connectivity index (χ1) is 12.9. The molecular weight excluding hydrogens is 350 g/mol. The summed E-state index contributed by atoms with van der Waals surface area (Å²) in [6, 6.07) is 11.9. The molecule has 0 N–H and O–H groups in total. The molecule has 0 saturated carbocycles. The number of carbonyl (C=O) groups is 2. The number of nitrogens with zero attached hydrogens (tertiary/aromatic N) is 1. The number of hydrogen-bond acceptors (Lipinski definition) is 6. The van der Waals surface area contributed by atoms with E-state index in [2.05, 4.69) is 0 Å². The standard InChI is InChI=1S/C20H23NO6/c1-21(2)19(22)16(13-9-7-6-8-10-13)27-20(23)14-11-12-15(24-3)18(26-5)17(14)25-4/h6-12,16H,1-5H3. The Hall–Kier alpha value is -3.22. The molecule has 144 valence electrons. The van der Waals surface area contributed by atoms with Crippen LogP contribution in [0.3, 0.4) is 0 Å². The Morgan fingerprint density at radius 2 is 1.48 bits per heavy atom. The van der Waals surface area contributed by atoms with Crippen LogP contribution < -0.4 is 14.2 Å². The minimum Gasteiger partial charge on any atom is -0.493 e. The Morgan fingerprint density at radius 1 is 0.852 bits per heavy atom. The highest BCUT2D eigenvalue weighted by Gasteiger charge is 2.29. The predicted octanol–water partition coefficient (Wildman–Crippen LogP) is 2.70. The number of hydrogen-bond donors (Lipinski definition) is 0. The molecule has 1 atom stereocenters. The number of amides is 1. The van der Waals surface area contributed by atoms with Crippen LogP contribution in [-0.4, -0.2) is 52.2 Å². The van der Waals surface area contributed by atoms with E-state index in [4.69, 9.17) is 18.9 Å². The van der Waals surface area contributed by atoms with Crippen molar-refractivity contribution in [3.63, 3.8) is 0 Å². The van der Waals surface area contributed by atoms with Crippen molar-refractivity contribution in [1.29, 1.82) is 0 Å². The second kappa shape index (κ2) is 8.93. The number of likely N-dealkylation sites (N-methyl/N-ethyl adjacent to an activating group) is 1. The van der Waals surface area contributed by atoms with Crippen LogP contribution in [0.1, 0.15) is 22.0 Å². The van der Waals surface area contributed by atoms with Crippen molar-refractivity contribution in [2.45, 2.75) is 6.10 Å². The normalized spacial score (nSPS) is 11.3. The lowest BCUT2D eigenvalue weighted by molar-refractivity contribution is -0.138. The molecule has 0 aliphatic carbocycles. The molecule has 2 rings (SSSR count). The smallest absolute Gasteiger partial charge is 0.343 e. The summed E-state index contributed by atoms with van der Waals surface area (Å²) in [6.07, 6.45) is -1.08. The van der Waals surface area contributed by atoms with E-state index in [0.29, 0.717) is 11.3 Å². The summed E-state index contributed by atoms with van der Waals surface area (Å²) in [7, 11) is 7.54. The van der Waals surface area contributed by atoms with Crippen molar-refractivity contribution >= 4 is 11.9 Å². The van der Waals surface area contributed by atoms with Gasteiger partial charge in [-0.05, 0) is 12.1 Å². The number of esters is 1. The third kappa shape index (κ3) is 4.31. The predicted molar refractivity (Wildman–Crippen MR) is 99.4 cm³/mol. The summed E-state index contributed by atoms with van der Waals surface area (Å²) >= 11 is 0. The Kier molecular flexibility index (Phi) is 6.65. The molecule has 0 fully saturated rings. The van der Waals surface area contributed by atoms with E-state index in [0.717, 1.165) is 0 Å². The van der Waals surface area contributed by atoms with Crippen molar-refractivity contribution in [2.24, 2.45) is 0 Å². The lowest BCUT2D eigenvalue weighted by Crippen LogP contribution is -2.31. The van der Waals surface area contributed by atoms with Crippen LogP contribution in [0.5, 0.6) is 17.2 Å². The summed E-state index contributed by atoms with van der Waals surface area (Å²) in [4.78, 5) is 26.8. The molecule has 1 amide bonds. The van der Waals surface area contributed by atoms with Crippen molar-refractivity contribution in [3.8, 4) is 17.2 Å². The van der Waals surface area contributed by atoms with Gasteiger partial charge in [0.1, 0.15) is 5.56 Å². The molecule has 0 saturated heterocycles. The topological polar surface area (TPSA) is 74.3 Å². The largest absolute Gasteiger partial charge is 0.493 e. The van der Waals surface area contributed by atoms with Crippen LogP contribution in [0.15, 0.2) is 42.5 Å². The third-order valence-electron chi connectivity index (χ3n) is 3.92. The monoisotopic (exact) mass is 373 g/mol. The SMILES string of the molecule is COc1ccc(C(=O)OC(C(=O)N(C)C)c2ccccc2)c(OC)c1OC. The van der Waals surface area contributed by atoms with Gasteiger partial charge in [-0.1, -0.05) is 30.3 Å². The zero-order valence-corrected chi connectivity index (χ0v) is 16.0. The van der Waals surface area contributed by atoms with E-state index in [1.165, 1.54) is 32.3 Å².